The van der Waals surface area contributed by atoms with Gasteiger partial charge in [0, 0.05) is 0 Å². The van der Waals surface area contributed by atoms with Crippen molar-refractivity contribution in [2.24, 2.45) is 0 Å². The molecule has 1 heterocycles. The van der Waals surface area contributed by atoms with E-state index >= 15 is 0 Å². The molecule has 0 saturated heterocycles. The summed E-state index contributed by atoms with van der Waals surface area (Å²) in [4.78, 5) is 0. The summed E-state index contributed by atoms with van der Waals surface area (Å²) >= 11 is 5.41. The van der Waals surface area contributed by atoms with Crippen LogP contribution < -0.4 is 0 Å². The van der Waals surface area contributed by atoms with Gasteiger partial charge in [0.1, 0.15) is 0 Å². The molecule has 0 atom stereocenters. The molecule has 0 fully saturated rings. The van der Waals surface area contributed by atoms with Gasteiger partial charge < -0.3 is 9.94 Å². The van der Waals surface area contributed by atoms with Crippen molar-refractivity contribution in [2.45, 2.75) is 0 Å². The molecule has 1 aromatic heterocycles. The van der Waals surface area contributed by atoms with Crippen molar-refractivity contribution in [3.8, 4) is 0 Å². The molecule has 0 unspecified atom stereocenters. The first kappa shape index (κ1) is 8.16. The van der Waals surface area contributed by atoms with Crippen LogP contribution in [-0.2, 0) is 10.3 Å². The van der Waals surface area contributed by atoms with Crippen molar-refractivity contribution in [1.29, 1.82) is 0 Å². The van der Waals surface area contributed by atoms with E-state index in [2.05, 4.69) is 0 Å². The van der Waals surface area contributed by atoms with Crippen molar-refractivity contribution in [3.63, 3.8) is 0 Å². The summed E-state index contributed by atoms with van der Waals surface area (Å²) in [6, 6.07) is 2.70. The van der Waals surface area contributed by atoms with Gasteiger partial charge in [-0.2, -0.15) is 8.42 Å². The fraction of sp³-hybridized carbons (Fsp3) is 0. The Morgan fingerprint density at radius 3 is 2.55 bits per heavy atom. The van der Waals surface area contributed by atoms with E-state index in [-0.39, 0.29) is 9.75 Å². The van der Waals surface area contributed by atoms with Gasteiger partial charge in [0.2, 0.25) is 10.3 Å². The lowest BCUT2D eigenvalue weighted by atomic mass is 10.5. The zero-order chi connectivity index (χ0) is 8.43. The number of halogens is 1. The van der Waals surface area contributed by atoms with E-state index in [1.807, 2.05) is 0 Å². The zero-order valence-corrected chi connectivity index (χ0v) is 6.76. The lowest BCUT2D eigenvalue weighted by Crippen LogP contribution is -1.91. The smallest absolute Gasteiger partial charge is 0.239 e. The van der Waals surface area contributed by atoms with Crippen LogP contribution in [0.4, 0.5) is 0 Å². The van der Waals surface area contributed by atoms with Crippen LogP contribution in [0, 0.1) is 9.85 Å². The predicted molar refractivity (Wildman–Crippen MR) is 40.4 cm³/mol. The van der Waals surface area contributed by atoms with Gasteiger partial charge in [-0.1, -0.05) is 11.6 Å². The number of hydrogen-bond donors (Lipinski definition) is 0. The van der Waals surface area contributed by atoms with Gasteiger partial charge in [-0.05, 0) is 18.3 Å². The highest BCUT2D eigenvalue weighted by Crippen LogP contribution is 2.07. The van der Waals surface area contributed by atoms with E-state index in [0.29, 0.717) is 0 Å². The Kier molecular flexibility index (Phi) is 2.21. The van der Waals surface area contributed by atoms with Gasteiger partial charge in [0.05, 0.1) is 5.02 Å². The van der Waals surface area contributed by atoms with E-state index in [4.69, 9.17) is 11.6 Å². The largest absolute Gasteiger partial charge is 0.805 e. The highest BCUT2D eigenvalue weighted by molar-refractivity contribution is 7.63. The maximum atomic E-state index is 10.7. The van der Waals surface area contributed by atoms with Gasteiger partial charge in [0.15, 0.2) is 4.64 Å². The van der Waals surface area contributed by atoms with Crippen LogP contribution in [0.25, 0.3) is 0 Å². The normalized spacial score (nSPS) is 9.55. The van der Waals surface area contributed by atoms with Gasteiger partial charge in [-0.15, -0.1) is 0 Å². The Hall–Kier alpha value is -0.940. The first-order valence-electron chi connectivity index (χ1n) is 2.60. The van der Waals surface area contributed by atoms with E-state index in [1.165, 1.54) is 12.1 Å². The Morgan fingerprint density at radius 2 is 2.18 bits per heavy atom. The third kappa shape index (κ3) is 1.55. The molecule has 0 aliphatic carbocycles. The van der Waals surface area contributed by atoms with E-state index in [0.717, 1.165) is 6.20 Å². The van der Waals surface area contributed by atoms with Gasteiger partial charge in [0.25, 0.3) is 0 Å². The molecule has 6 heteroatoms. The highest BCUT2D eigenvalue weighted by Gasteiger charge is 1.91. The molecule has 60 valence electrons. The van der Waals surface area contributed by atoms with E-state index < -0.39 is 14.9 Å². The zero-order valence-electron chi connectivity index (χ0n) is 5.19. The molecule has 0 aromatic carbocycles. The molecule has 0 radical (unpaired) electrons. The number of pyridine rings is 1. The highest BCUT2D eigenvalue weighted by atomic mass is 35.5. The standard InChI is InChI=1S/C5H3ClNO3S/c6-4-2-1-3-7(8)5(4)11(9)10/h1-3H/q-1. The van der Waals surface area contributed by atoms with Gasteiger partial charge in [-0.25, -0.2) is 0 Å². The molecule has 0 saturated carbocycles. The lowest BCUT2D eigenvalue weighted by Gasteiger charge is -2.08. The lowest BCUT2D eigenvalue weighted by molar-refractivity contribution is 0.623. The van der Waals surface area contributed by atoms with Crippen LogP contribution in [0.2, 0.25) is 5.02 Å². The SMILES string of the molecule is O=S(=O)=c1c(Cl)cccn1[O-]. The fourth-order valence-electron chi connectivity index (χ4n) is 0.603. The second-order valence-electron chi connectivity index (χ2n) is 1.72. The first-order chi connectivity index (χ1) is 5.13. The molecule has 1 aromatic rings. The molecular weight excluding hydrogens is 190 g/mol. The second kappa shape index (κ2) is 2.98. The summed E-state index contributed by atoms with van der Waals surface area (Å²) < 4.78 is 20.4. The topological polar surface area (TPSA) is 62.1 Å². The monoisotopic (exact) mass is 192 g/mol. The molecule has 0 aliphatic rings. The Bertz CT molecular complexity index is 402. The summed E-state index contributed by atoms with van der Waals surface area (Å²) in [7, 11) is -2.58. The number of rotatable bonds is 0. The Balaban J connectivity index is 3.89. The van der Waals surface area contributed by atoms with Crippen molar-refractivity contribution < 1.29 is 8.42 Å². The maximum Gasteiger partial charge on any atom is 0.239 e. The van der Waals surface area contributed by atoms with Crippen LogP contribution in [-0.4, -0.2) is 13.1 Å². The minimum atomic E-state index is -2.58. The van der Waals surface area contributed by atoms with Crippen molar-refractivity contribution in [2.75, 3.05) is 0 Å². The molecule has 0 spiro atoms. The summed E-state index contributed by atoms with van der Waals surface area (Å²) in [5, 5.41) is 10.6. The average Bonchev–Trinajstić information content (AvgIpc) is 1.85. The molecule has 11 heavy (non-hydrogen) atoms. The third-order valence-electron chi connectivity index (χ3n) is 1.03. The Labute approximate surface area is 68.8 Å². The summed E-state index contributed by atoms with van der Waals surface area (Å²) in [6.07, 6.45) is 1.07. The van der Waals surface area contributed by atoms with Crippen molar-refractivity contribution in [1.82, 2.24) is 4.73 Å². The summed E-state index contributed by atoms with van der Waals surface area (Å²) in [5.41, 5.74) is 0. The molecule has 0 bridgehead atoms. The van der Waals surface area contributed by atoms with Gasteiger partial charge >= 0.3 is 0 Å². The van der Waals surface area contributed by atoms with Crippen LogP contribution in [0.5, 0.6) is 0 Å². The van der Waals surface area contributed by atoms with Crippen molar-refractivity contribution >= 4 is 21.9 Å². The van der Waals surface area contributed by atoms with E-state index in [1.54, 1.807) is 0 Å². The number of hydrogen-bond acceptors (Lipinski definition) is 3. The average molecular weight is 193 g/mol. The number of aromatic nitrogens is 1. The van der Waals surface area contributed by atoms with Crippen molar-refractivity contribution in [3.05, 3.63) is 33.2 Å². The molecule has 0 aliphatic heterocycles. The Morgan fingerprint density at radius 1 is 1.55 bits per heavy atom. The third-order valence-corrected chi connectivity index (χ3v) is 2.16. The first-order valence-corrected chi connectivity index (χ1v) is 4.05. The molecular formula is C5H3ClNO3S-. The molecule has 0 amide bonds. The molecule has 0 N–H and O–H groups in total. The minimum absolute atomic E-state index is 0.0733. The second-order valence-corrected chi connectivity index (χ2v) is 2.99. The van der Waals surface area contributed by atoms with Crippen LogP contribution in [0.15, 0.2) is 18.3 Å². The minimum Gasteiger partial charge on any atom is -0.805 e. The van der Waals surface area contributed by atoms with Crippen LogP contribution in [0.3, 0.4) is 0 Å². The maximum absolute atomic E-state index is 10.7. The van der Waals surface area contributed by atoms with Gasteiger partial charge in [-0.3, -0.25) is 0 Å². The summed E-state index contributed by atoms with van der Waals surface area (Å²) in [5.74, 6) is 0. The molecule has 1 rings (SSSR count). The fourth-order valence-corrected chi connectivity index (χ4v) is 1.38. The quantitative estimate of drug-likeness (QED) is 0.574. The van der Waals surface area contributed by atoms with Crippen LogP contribution in [0.1, 0.15) is 0 Å². The van der Waals surface area contributed by atoms with Crippen LogP contribution >= 0.6 is 11.6 Å². The molecule has 4 nitrogen and oxygen atoms in total. The summed E-state index contributed by atoms with van der Waals surface area (Å²) in [6.45, 7) is 0. The number of nitrogens with zero attached hydrogens (tertiary/aromatic N) is 1. The van der Waals surface area contributed by atoms with E-state index in [9.17, 15) is 13.6 Å². The predicted octanol–water partition coefficient (Wildman–Crippen LogP) is 0.898.